The molecule has 1 aromatic rings. The summed E-state index contributed by atoms with van der Waals surface area (Å²) in [5, 5.41) is 11.0. The minimum atomic E-state index is 0.334. The molecule has 0 saturated heterocycles. The van der Waals surface area contributed by atoms with Crippen molar-refractivity contribution in [2.75, 3.05) is 11.9 Å². The van der Waals surface area contributed by atoms with Crippen molar-refractivity contribution in [3.8, 4) is 0 Å². The van der Waals surface area contributed by atoms with E-state index >= 15 is 0 Å². The van der Waals surface area contributed by atoms with Gasteiger partial charge in [0.15, 0.2) is 0 Å². The smallest absolute Gasteiger partial charge is 0.315 e. The molecule has 0 aliphatic carbocycles. The SMILES string of the molecule is CCC(C)C(C)Nc1nnc(CCN)o1. The number of nitrogens with two attached hydrogens (primary N) is 1. The first-order chi connectivity index (χ1) is 7.17. The lowest BCUT2D eigenvalue weighted by Gasteiger charge is -2.17. The second-order valence-corrected chi connectivity index (χ2v) is 3.86. The van der Waals surface area contributed by atoms with Crippen LogP contribution < -0.4 is 11.1 Å². The molecule has 86 valence electrons. The molecule has 0 aromatic carbocycles. The highest BCUT2D eigenvalue weighted by molar-refractivity contribution is 5.19. The van der Waals surface area contributed by atoms with Crippen LogP contribution in [0.2, 0.25) is 0 Å². The summed E-state index contributed by atoms with van der Waals surface area (Å²) in [6, 6.07) is 0.826. The molecule has 2 unspecified atom stereocenters. The van der Waals surface area contributed by atoms with Crippen LogP contribution in [0.15, 0.2) is 4.42 Å². The summed E-state index contributed by atoms with van der Waals surface area (Å²) < 4.78 is 5.38. The Kier molecular flexibility index (Phi) is 4.55. The summed E-state index contributed by atoms with van der Waals surface area (Å²) in [7, 11) is 0. The molecule has 0 radical (unpaired) electrons. The third-order valence-electron chi connectivity index (χ3n) is 2.67. The largest absolute Gasteiger partial charge is 0.408 e. The van der Waals surface area contributed by atoms with Gasteiger partial charge in [0.25, 0.3) is 0 Å². The normalized spacial score (nSPS) is 14.9. The highest BCUT2D eigenvalue weighted by Crippen LogP contribution is 2.13. The molecule has 0 fully saturated rings. The number of nitrogens with one attached hydrogen (secondary N) is 1. The molecular formula is C10H20N4O. The fourth-order valence-corrected chi connectivity index (χ4v) is 1.23. The lowest BCUT2D eigenvalue weighted by Crippen LogP contribution is -2.23. The molecule has 2 atom stereocenters. The van der Waals surface area contributed by atoms with Crippen LogP contribution in [-0.2, 0) is 6.42 Å². The van der Waals surface area contributed by atoms with Gasteiger partial charge in [0.1, 0.15) is 0 Å². The van der Waals surface area contributed by atoms with Gasteiger partial charge in [-0.25, -0.2) is 0 Å². The molecule has 5 nitrogen and oxygen atoms in total. The lowest BCUT2D eigenvalue weighted by molar-refractivity contribution is 0.460. The van der Waals surface area contributed by atoms with Crippen molar-refractivity contribution < 1.29 is 4.42 Å². The van der Waals surface area contributed by atoms with E-state index in [-0.39, 0.29) is 0 Å². The van der Waals surface area contributed by atoms with Gasteiger partial charge in [0.05, 0.1) is 0 Å². The molecule has 5 heteroatoms. The second kappa shape index (κ2) is 5.70. The summed E-state index contributed by atoms with van der Waals surface area (Å²) in [4.78, 5) is 0. The fraction of sp³-hybridized carbons (Fsp3) is 0.800. The summed E-state index contributed by atoms with van der Waals surface area (Å²) >= 11 is 0. The number of anilines is 1. The Morgan fingerprint density at radius 1 is 1.40 bits per heavy atom. The van der Waals surface area contributed by atoms with E-state index in [1.807, 2.05) is 0 Å². The molecule has 1 heterocycles. The molecule has 0 saturated carbocycles. The second-order valence-electron chi connectivity index (χ2n) is 3.86. The van der Waals surface area contributed by atoms with E-state index in [1.54, 1.807) is 0 Å². The summed E-state index contributed by atoms with van der Waals surface area (Å²) in [5.41, 5.74) is 5.39. The zero-order valence-electron chi connectivity index (χ0n) is 9.66. The molecule has 15 heavy (non-hydrogen) atoms. The van der Waals surface area contributed by atoms with Gasteiger partial charge in [-0.2, -0.15) is 0 Å². The average Bonchev–Trinajstić information content (AvgIpc) is 2.65. The van der Waals surface area contributed by atoms with Crippen molar-refractivity contribution in [2.45, 2.75) is 39.7 Å². The Labute approximate surface area is 90.4 Å². The van der Waals surface area contributed by atoms with Crippen LogP contribution in [0.25, 0.3) is 0 Å². The maximum absolute atomic E-state index is 5.39. The maximum Gasteiger partial charge on any atom is 0.315 e. The predicted molar refractivity (Wildman–Crippen MR) is 59.6 cm³/mol. The number of hydrogen-bond donors (Lipinski definition) is 2. The average molecular weight is 212 g/mol. The highest BCUT2D eigenvalue weighted by Gasteiger charge is 2.13. The van der Waals surface area contributed by atoms with Gasteiger partial charge < -0.3 is 15.5 Å². The van der Waals surface area contributed by atoms with Crippen LogP contribution in [0.5, 0.6) is 0 Å². The van der Waals surface area contributed by atoms with Gasteiger partial charge in [-0.3, -0.25) is 0 Å². The van der Waals surface area contributed by atoms with Crippen molar-refractivity contribution in [3.05, 3.63) is 5.89 Å². The molecule has 1 rings (SSSR count). The number of rotatable bonds is 6. The Morgan fingerprint density at radius 3 is 2.73 bits per heavy atom. The van der Waals surface area contributed by atoms with Gasteiger partial charge in [-0.05, 0) is 12.8 Å². The van der Waals surface area contributed by atoms with E-state index in [4.69, 9.17) is 10.2 Å². The Bertz CT molecular complexity index is 287. The van der Waals surface area contributed by atoms with E-state index in [0.717, 1.165) is 6.42 Å². The zero-order chi connectivity index (χ0) is 11.3. The van der Waals surface area contributed by atoms with Crippen molar-refractivity contribution in [3.63, 3.8) is 0 Å². The third-order valence-corrected chi connectivity index (χ3v) is 2.67. The number of nitrogens with zero attached hydrogens (tertiary/aromatic N) is 2. The van der Waals surface area contributed by atoms with Crippen LogP contribution >= 0.6 is 0 Å². The number of hydrogen-bond acceptors (Lipinski definition) is 5. The zero-order valence-corrected chi connectivity index (χ0v) is 9.66. The summed E-state index contributed by atoms with van der Waals surface area (Å²) in [6.45, 7) is 6.99. The van der Waals surface area contributed by atoms with E-state index in [0.29, 0.717) is 36.8 Å². The maximum atomic E-state index is 5.39. The van der Waals surface area contributed by atoms with E-state index in [2.05, 4.69) is 36.3 Å². The molecule has 1 aromatic heterocycles. The predicted octanol–water partition coefficient (Wildman–Crippen LogP) is 1.42. The van der Waals surface area contributed by atoms with E-state index in [1.165, 1.54) is 0 Å². The first kappa shape index (κ1) is 12.0. The Morgan fingerprint density at radius 2 is 2.13 bits per heavy atom. The molecule has 0 aliphatic rings. The minimum Gasteiger partial charge on any atom is -0.408 e. The van der Waals surface area contributed by atoms with Gasteiger partial charge in [-0.15, -0.1) is 5.10 Å². The lowest BCUT2D eigenvalue weighted by atomic mass is 10.0. The van der Waals surface area contributed by atoms with Crippen molar-refractivity contribution in [2.24, 2.45) is 11.7 Å². The van der Waals surface area contributed by atoms with Crippen molar-refractivity contribution in [1.29, 1.82) is 0 Å². The topological polar surface area (TPSA) is 77.0 Å². The van der Waals surface area contributed by atoms with E-state index < -0.39 is 0 Å². The molecule has 0 amide bonds. The third kappa shape index (κ3) is 3.51. The van der Waals surface area contributed by atoms with Crippen LogP contribution in [0, 0.1) is 5.92 Å². The van der Waals surface area contributed by atoms with Crippen molar-refractivity contribution >= 4 is 6.01 Å². The van der Waals surface area contributed by atoms with Crippen LogP contribution in [0.1, 0.15) is 33.1 Å². The quantitative estimate of drug-likeness (QED) is 0.745. The summed E-state index contributed by atoms with van der Waals surface area (Å²) in [6.07, 6.45) is 1.75. The first-order valence-corrected chi connectivity index (χ1v) is 5.46. The molecule has 0 spiro atoms. The van der Waals surface area contributed by atoms with E-state index in [9.17, 15) is 0 Å². The van der Waals surface area contributed by atoms with Gasteiger partial charge in [0.2, 0.25) is 5.89 Å². The minimum absolute atomic E-state index is 0.334. The summed E-state index contributed by atoms with van der Waals surface area (Å²) in [5.74, 6) is 1.17. The van der Waals surface area contributed by atoms with Gasteiger partial charge >= 0.3 is 6.01 Å². The number of aromatic nitrogens is 2. The molecular weight excluding hydrogens is 192 g/mol. The van der Waals surface area contributed by atoms with Crippen LogP contribution in [0.3, 0.4) is 0 Å². The fourth-order valence-electron chi connectivity index (χ4n) is 1.23. The van der Waals surface area contributed by atoms with Gasteiger partial charge in [0, 0.05) is 19.0 Å². The van der Waals surface area contributed by atoms with Crippen molar-refractivity contribution in [1.82, 2.24) is 10.2 Å². The molecule has 3 N–H and O–H groups in total. The molecule has 0 bridgehead atoms. The Hall–Kier alpha value is -1.10. The van der Waals surface area contributed by atoms with Crippen LogP contribution in [0.4, 0.5) is 6.01 Å². The van der Waals surface area contributed by atoms with Gasteiger partial charge in [-0.1, -0.05) is 25.4 Å². The van der Waals surface area contributed by atoms with Crippen LogP contribution in [-0.4, -0.2) is 22.8 Å². The standard InChI is InChI=1S/C10H20N4O/c1-4-7(2)8(3)12-10-14-13-9(15-10)5-6-11/h7-8H,4-6,11H2,1-3H3,(H,12,14). The monoisotopic (exact) mass is 212 g/mol. The molecule has 0 aliphatic heterocycles. The first-order valence-electron chi connectivity index (χ1n) is 5.46. The Balaban J connectivity index is 2.49. The highest BCUT2D eigenvalue weighted by atomic mass is 16.4.